The summed E-state index contributed by atoms with van der Waals surface area (Å²) in [7, 11) is 0. The highest BCUT2D eigenvalue weighted by atomic mass is 35.5. The molecule has 0 spiro atoms. The van der Waals surface area contributed by atoms with E-state index in [-0.39, 0.29) is 28.4 Å². The molecule has 2 aromatic heterocycles. The largest absolute Gasteiger partial charge is 0.378 e. The van der Waals surface area contributed by atoms with E-state index >= 15 is 0 Å². The van der Waals surface area contributed by atoms with E-state index in [1.807, 2.05) is 4.90 Å². The fraction of sp³-hybridized carbons (Fsp3) is 0.450. The van der Waals surface area contributed by atoms with Gasteiger partial charge in [0.25, 0.3) is 5.91 Å². The minimum absolute atomic E-state index is 0.0389. The maximum atomic E-state index is 13.0. The van der Waals surface area contributed by atoms with Crippen molar-refractivity contribution < 1.29 is 14.3 Å². The molecule has 2 fully saturated rings. The van der Waals surface area contributed by atoms with Gasteiger partial charge in [-0.25, -0.2) is 9.97 Å². The molecule has 0 aliphatic carbocycles. The van der Waals surface area contributed by atoms with E-state index < -0.39 is 0 Å². The summed E-state index contributed by atoms with van der Waals surface area (Å²) in [5.41, 5.74) is 0.921. The molecule has 0 saturated carbocycles. The van der Waals surface area contributed by atoms with Crippen LogP contribution in [-0.4, -0.2) is 71.1 Å². The molecule has 2 aromatic rings. The predicted octanol–water partition coefficient (Wildman–Crippen LogP) is 1.85. The number of morpholine rings is 1. The van der Waals surface area contributed by atoms with Crippen LogP contribution in [0.3, 0.4) is 0 Å². The van der Waals surface area contributed by atoms with Crippen LogP contribution in [0.25, 0.3) is 0 Å². The topological polar surface area (TPSA) is 101 Å². The molecule has 158 valence electrons. The maximum absolute atomic E-state index is 13.0. The Bertz CT molecular complexity index is 899. The first-order chi connectivity index (χ1) is 14.6. The van der Waals surface area contributed by atoms with Crippen molar-refractivity contribution in [2.45, 2.75) is 12.8 Å². The van der Waals surface area contributed by atoms with Crippen LogP contribution in [0.2, 0.25) is 5.02 Å². The van der Waals surface area contributed by atoms with Gasteiger partial charge in [0.05, 0.1) is 24.4 Å². The smallest absolute Gasteiger partial charge is 0.274 e. The van der Waals surface area contributed by atoms with Crippen LogP contribution in [-0.2, 0) is 9.53 Å². The van der Waals surface area contributed by atoms with Crippen molar-refractivity contribution in [3.05, 3.63) is 41.4 Å². The molecule has 1 N–H and O–H groups in total. The van der Waals surface area contributed by atoms with Crippen LogP contribution in [0.5, 0.6) is 0 Å². The van der Waals surface area contributed by atoms with Gasteiger partial charge < -0.3 is 19.9 Å². The minimum Gasteiger partial charge on any atom is -0.378 e. The Kier molecular flexibility index (Phi) is 6.39. The first kappa shape index (κ1) is 20.5. The third-order valence-corrected chi connectivity index (χ3v) is 5.61. The van der Waals surface area contributed by atoms with Gasteiger partial charge in [-0.1, -0.05) is 11.6 Å². The average Bonchev–Trinajstić information content (AvgIpc) is 2.80. The number of ether oxygens (including phenoxy) is 1. The minimum atomic E-state index is -0.232. The Balaban J connectivity index is 1.37. The molecule has 10 heteroatoms. The van der Waals surface area contributed by atoms with E-state index in [0.29, 0.717) is 58.2 Å². The summed E-state index contributed by atoms with van der Waals surface area (Å²) in [5.74, 6) is 0.0672. The quantitative estimate of drug-likeness (QED) is 0.789. The lowest BCUT2D eigenvalue weighted by molar-refractivity contribution is -0.121. The van der Waals surface area contributed by atoms with Gasteiger partial charge in [-0.3, -0.25) is 14.6 Å². The molecule has 2 aliphatic rings. The normalized spacial score (nSPS) is 17.6. The lowest BCUT2D eigenvalue weighted by Gasteiger charge is -2.31. The van der Waals surface area contributed by atoms with Crippen molar-refractivity contribution in [1.82, 2.24) is 19.9 Å². The van der Waals surface area contributed by atoms with Crippen LogP contribution >= 0.6 is 11.6 Å². The zero-order chi connectivity index (χ0) is 20.9. The number of pyridine rings is 1. The van der Waals surface area contributed by atoms with Crippen LogP contribution in [0.4, 0.5) is 11.6 Å². The van der Waals surface area contributed by atoms with Gasteiger partial charge in [0, 0.05) is 50.2 Å². The number of carbonyl (C=O) groups is 2. The molecule has 0 radical (unpaired) electrons. The zero-order valence-corrected chi connectivity index (χ0v) is 17.2. The first-order valence-corrected chi connectivity index (χ1v) is 10.3. The van der Waals surface area contributed by atoms with E-state index in [1.165, 1.54) is 6.20 Å². The third kappa shape index (κ3) is 4.68. The van der Waals surface area contributed by atoms with E-state index in [0.717, 1.165) is 5.69 Å². The molecular weight excluding hydrogens is 408 g/mol. The van der Waals surface area contributed by atoms with Gasteiger partial charge in [-0.05, 0) is 25.0 Å². The number of anilines is 2. The molecule has 4 heterocycles. The van der Waals surface area contributed by atoms with Gasteiger partial charge >= 0.3 is 0 Å². The van der Waals surface area contributed by atoms with Crippen LogP contribution in [0.15, 0.2) is 30.7 Å². The highest BCUT2D eigenvalue weighted by Crippen LogP contribution is 2.24. The Labute approximate surface area is 179 Å². The lowest BCUT2D eigenvalue weighted by atomic mass is 9.95. The number of hydrogen-bond acceptors (Lipinski definition) is 7. The summed E-state index contributed by atoms with van der Waals surface area (Å²) in [6.07, 6.45) is 5.91. The predicted molar refractivity (Wildman–Crippen MR) is 112 cm³/mol. The molecule has 0 atom stereocenters. The summed E-state index contributed by atoms with van der Waals surface area (Å²) in [4.78, 5) is 41.8. The summed E-state index contributed by atoms with van der Waals surface area (Å²) in [6.45, 7) is 3.50. The highest BCUT2D eigenvalue weighted by molar-refractivity contribution is 6.33. The molecular formula is C20H23ClN6O3. The van der Waals surface area contributed by atoms with Gasteiger partial charge in [0.2, 0.25) is 11.9 Å². The van der Waals surface area contributed by atoms with E-state index in [1.54, 1.807) is 29.4 Å². The van der Waals surface area contributed by atoms with E-state index in [2.05, 4.69) is 20.3 Å². The molecule has 0 unspecified atom stereocenters. The molecule has 0 bridgehead atoms. The van der Waals surface area contributed by atoms with Crippen molar-refractivity contribution >= 4 is 35.1 Å². The SMILES string of the molecule is O=C(Nc1ccncc1)C1CCN(C(=O)c2nc(N3CCOCC3)ncc2Cl)CC1. The number of nitrogens with one attached hydrogen (secondary N) is 1. The number of piperidine rings is 1. The van der Waals surface area contributed by atoms with Crippen molar-refractivity contribution in [1.29, 1.82) is 0 Å². The Hall–Kier alpha value is -2.78. The fourth-order valence-electron chi connectivity index (χ4n) is 3.60. The second kappa shape index (κ2) is 9.36. The van der Waals surface area contributed by atoms with Gasteiger partial charge in [-0.15, -0.1) is 0 Å². The molecule has 30 heavy (non-hydrogen) atoms. The van der Waals surface area contributed by atoms with E-state index in [9.17, 15) is 9.59 Å². The average molecular weight is 431 g/mol. The monoisotopic (exact) mass is 430 g/mol. The van der Waals surface area contributed by atoms with Crippen molar-refractivity contribution in [3.8, 4) is 0 Å². The maximum Gasteiger partial charge on any atom is 0.274 e. The standard InChI is InChI=1S/C20H23ClN6O3/c21-16-13-23-20(27-9-11-30-12-10-27)25-17(16)19(29)26-7-3-14(4-8-26)18(28)24-15-1-5-22-6-2-15/h1-2,5-6,13-14H,3-4,7-12H2,(H,22,24,28). The Morgan fingerprint density at radius 2 is 1.80 bits per heavy atom. The lowest BCUT2D eigenvalue weighted by Crippen LogP contribution is -2.42. The number of likely N-dealkylation sites (tertiary alicyclic amines) is 1. The van der Waals surface area contributed by atoms with E-state index in [4.69, 9.17) is 16.3 Å². The summed E-state index contributed by atoms with van der Waals surface area (Å²) in [6, 6.07) is 3.50. The Morgan fingerprint density at radius 3 is 2.50 bits per heavy atom. The number of amides is 2. The second-order valence-corrected chi connectivity index (χ2v) is 7.66. The van der Waals surface area contributed by atoms with Crippen molar-refractivity contribution in [2.24, 2.45) is 5.92 Å². The molecule has 9 nitrogen and oxygen atoms in total. The van der Waals surface area contributed by atoms with Gasteiger partial charge in [-0.2, -0.15) is 0 Å². The van der Waals surface area contributed by atoms with Crippen molar-refractivity contribution in [2.75, 3.05) is 49.6 Å². The molecule has 2 saturated heterocycles. The van der Waals surface area contributed by atoms with Crippen LogP contribution in [0.1, 0.15) is 23.3 Å². The zero-order valence-electron chi connectivity index (χ0n) is 16.5. The van der Waals surface area contributed by atoms with Gasteiger partial charge in [0.15, 0.2) is 5.69 Å². The number of hydrogen-bond donors (Lipinski definition) is 1. The molecule has 0 aromatic carbocycles. The number of rotatable bonds is 4. The van der Waals surface area contributed by atoms with Crippen LogP contribution in [0, 0.1) is 5.92 Å². The highest BCUT2D eigenvalue weighted by Gasteiger charge is 2.30. The second-order valence-electron chi connectivity index (χ2n) is 7.26. The first-order valence-electron chi connectivity index (χ1n) is 9.97. The van der Waals surface area contributed by atoms with Crippen molar-refractivity contribution in [3.63, 3.8) is 0 Å². The Morgan fingerprint density at radius 1 is 1.10 bits per heavy atom. The van der Waals surface area contributed by atoms with Gasteiger partial charge in [0.1, 0.15) is 0 Å². The molecule has 2 aliphatic heterocycles. The number of aromatic nitrogens is 3. The van der Waals surface area contributed by atoms with Crippen LogP contribution < -0.4 is 10.2 Å². The molecule has 4 rings (SSSR count). The number of halogens is 1. The molecule has 2 amide bonds. The summed E-state index contributed by atoms with van der Waals surface area (Å²) in [5, 5.41) is 3.13. The fourth-order valence-corrected chi connectivity index (χ4v) is 3.77. The number of nitrogens with zero attached hydrogens (tertiary/aromatic N) is 5. The summed E-state index contributed by atoms with van der Waals surface area (Å²) < 4.78 is 5.35. The third-order valence-electron chi connectivity index (χ3n) is 5.33. The number of carbonyl (C=O) groups excluding carboxylic acids is 2. The summed E-state index contributed by atoms with van der Waals surface area (Å²) >= 11 is 6.23.